The van der Waals surface area contributed by atoms with Gasteiger partial charge < -0.3 is 10.1 Å². The van der Waals surface area contributed by atoms with Gasteiger partial charge in [0.05, 0.1) is 29.1 Å². The van der Waals surface area contributed by atoms with E-state index in [1.54, 1.807) is 27.8 Å². The number of anilines is 1. The van der Waals surface area contributed by atoms with E-state index < -0.39 is 38.6 Å². The van der Waals surface area contributed by atoms with Crippen molar-refractivity contribution in [2.45, 2.75) is 76.0 Å². The number of hydrogen-bond acceptors (Lipinski definition) is 9. The Morgan fingerprint density at radius 2 is 1.97 bits per heavy atom. The monoisotopic (exact) mass is 542 g/mol. The predicted molar refractivity (Wildman–Crippen MR) is 132 cm³/mol. The number of esters is 1. The lowest BCUT2D eigenvalue weighted by Crippen LogP contribution is -2.34. The van der Waals surface area contributed by atoms with E-state index >= 15 is 0 Å². The highest BCUT2D eigenvalue weighted by Gasteiger charge is 2.41. The molecule has 10 nitrogen and oxygen atoms in total. The molecular formula is C22H28F2N6O4S2. The van der Waals surface area contributed by atoms with Gasteiger partial charge in [-0.05, 0) is 52.7 Å². The van der Waals surface area contributed by atoms with E-state index in [1.807, 2.05) is 6.92 Å². The van der Waals surface area contributed by atoms with Gasteiger partial charge in [0.25, 0.3) is 6.43 Å². The largest absolute Gasteiger partial charge is 0.460 e. The molecule has 0 saturated heterocycles. The van der Waals surface area contributed by atoms with Gasteiger partial charge in [-0.2, -0.15) is 5.10 Å². The maximum Gasteiger partial charge on any atom is 0.308 e. The van der Waals surface area contributed by atoms with Crippen molar-refractivity contribution in [2.75, 3.05) is 12.4 Å². The number of alkyl halides is 2. The second-order valence-corrected chi connectivity index (χ2v) is 12.6. The summed E-state index contributed by atoms with van der Waals surface area (Å²) in [4.78, 5) is 12.3. The Kier molecular flexibility index (Phi) is 6.81. The summed E-state index contributed by atoms with van der Waals surface area (Å²) in [6, 6.07) is 2.93. The fourth-order valence-electron chi connectivity index (χ4n) is 3.64. The lowest BCUT2D eigenvalue weighted by molar-refractivity contribution is -0.155. The normalized spacial score (nSPS) is 15.4. The number of aromatic nitrogens is 4. The molecule has 1 saturated carbocycles. The summed E-state index contributed by atoms with van der Waals surface area (Å²) in [6.45, 7) is 7.23. The first-order valence-corrected chi connectivity index (χ1v) is 13.6. The van der Waals surface area contributed by atoms with Crippen LogP contribution >= 0.6 is 11.3 Å². The molecule has 0 spiro atoms. The lowest BCUT2D eigenvalue weighted by Gasteiger charge is -2.19. The van der Waals surface area contributed by atoms with Crippen LogP contribution in [0.4, 0.5) is 14.5 Å². The SMILES string of the molecule is CNc1cc(S(=O)(=O)NC2(C)CC2)cc2c(-c3nnc(C(F)F)s3)nn(CCC(=O)OC(C)(C)C)c12. The molecule has 1 aliphatic rings. The maximum absolute atomic E-state index is 13.2. The van der Waals surface area contributed by atoms with Crippen LogP contribution in [-0.2, 0) is 26.1 Å². The van der Waals surface area contributed by atoms with Crippen molar-refractivity contribution >= 4 is 43.9 Å². The van der Waals surface area contributed by atoms with Crippen molar-refractivity contribution in [3.8, 4) is 10.7 Å². The molecule has 2 N–H and O–H groups in total. The van der Waals surface area contributed by atoms with E-state index in [-0.39, 0.29) is 28.6 Å². The number of rotatable bonds is 9. The van der Waals surface area contributed by atoms with Gasteiger partial charge in [-0.25, -0.2) is 21.9 Å². The fraction of sp³-hybridized carbons (Fsp3) is 0.545. The van der Waals surface area contributed by atoms with Gasteiger partial charge in [-0.15, -0.1) is 10.2 Å². The lowest BCUT2D eigenvalue weighted by atomic mass is 10.2. The average Bonchev–Trinajstić information content (AvgIpc) is 3.16. The predicted octanol–water partition coefficient (Wildman–Crippen LogP) is 4.10. The van der Waals surface area contributed by atoms with E-state index in [0.29, 0.717) is 27.9 Å². The highest BCUT2D eigenvalue weighted by atomic mass is 32.2. The van der Waals surface area contributed by atoms with Crippen molar-refractivity contribution in [3.05, 3.63) is 17.1 Å². The van der Waals surface area contributed by atoms with Crippen LogP contribution < -0.4 is 10.0 Å². The number of carbonyl (C=O) groups excluding carboxylic acids is 1. The molecule has 4 rings (SSSR count). The van der Waals surface area contributed by atoms with Gasteiger partial charge in [-0.1, -0.05) is 11.3 Å². The summed E-state index contributed by atoms with van der Waals surface area (Å²) in [6.07, 6.45) is -1.33. The van der Waals surface area contributed by atoms with Crippen molar-refractivity contribution in [1.82, 2.24) is 24.7 Å². The van der Waals surface area contributed by atoms with Crippen molar-refractivity contribution in [1.29, 1.82) is 0 Å². The van der Waals surface area contributed by atoms with Gasteiger partial charge in [-0.3, -0.25) is 9.48 Å². The van der Waals surface area contributed by atoms with Gasteiger partial charge in [0.1, 0.15) is 11.3 Å². The molecule has 3 aromatic rings. The van der Waals surface area contributed by atoms with E-state index in [1.165, 1.54) is 16.8 Å². The number of carbonyl (C=O) groups is 1. The Morgan fingerprint density at radius 1 is 1.28 bits per heavy atom. The Bertz CT molecular complexity index is 1410. The smallest absolute Gasteiger partial charge is 0.308 e. The van der Waals surface area contributed by atoms with Gasteiger partial charge in [0.15, 0.2) is 10.0 Å². The highest BCUT2D eigenvalue weighted by molar-refractivity contribution is 7.89. The van der Waals surface area contributed by atoms with Crippen LogP contribution in [0.3, 0.4) is 0 Å². The standard InChI is InChI=1S/C22H28F2N6O4S2/c1-21(2,3)34-15(31)6-9-30-17-13(16(28-30)19-26-27-20(35-19)18(23)24)10-12(11-14(17)25-5)36(32,33)29-22(4)7-8-22/h10-11,18,25,29H,6-9H2,1-5H3. The first-order chi connectivity index (χ1) is 16.7. The van der Waals surface area contributed by atoms with Crippen molar-refractivity contribution < 1.29 is 26.7 Å². The first kappa shape index (κ1) is 26.4. The van der Waals surface area contributed by atoms with E-state index in [9.17, 15) is 22.0 Å². The van der Waals surface area contributed by atoms with Crippen LogP contribution in [0, 0.1) is 0 Å². The average molecular weight is 543 g/mol. The van der Waals surface area contributed by atoms with Crippen LogP contribution in [-0.4, -0.2) is 52.6 Å². The van der Waals surface area contributed by atoms with Gasteiger partial charge in [0, 0.05) is 18.0 Å². The van der Waals surface area contributed by atoms with Crippen LogP contribution in [0.25, 0.3) is 21.6 Å². The number of benzene rings is 1. The number of halogens is 2. The van der Waals surface area contributed by atoms with Gasteiger partial charge >= 0.3 is 5.97 Å². The summed E-state index contributed by atoms with van der Waals surface area (Å²) in [7, 11) is -2.25. The second-order valence-electron chi connectivity index (χ2n) is 9.94. The molecule has 0 atom stereocenters. The number of sulfonamides is 1. The van der Waals surface area contributed by atoms with E-state index in [4.69, 9.17) is 4.74 Å². The van der Waals surface area contributed by atoms with E-state index in [0.717, 1.165) is 12.8 Å². The zero-order chi connectivity index (χ0) is 26.5. The van der Waals surface area contributed by atoms with Crippen LogP contribution in [0.5, 0.6) is 0 Å². The fourth-order valence-corrected chi connectivity index (χ4v) is 5.85. The van der Waals surface area contributed by atoms with Crippen molar-refractivity contribution in [2.24, 2.45) is 0 Å². The molecule has 196 valence electrons. The minimum atomic E-state index is -3.88. The third-order valence-corrected chi connectivity index (χ3v) is 8.11. The molecule has 1 fully saturated rings. The zero-order valence-electron chi connectivity index (χ0n) is 20.6. The molecule has 36 heavy (non-hydrogen) atoms. The number of nitrogens with one attached hydrogen (secondary N) is 2. The number of nitrogens with zero attached hydrogens (tertiary/aromatic N) is 4. The Hall–Kier alpha value is -2.71. The summed E-state index contributed by atoms with van der Waals surface area (Å²) in [5, 5.41) is 15.0. The molecule has 1 aliphatic carbocycles. The summed E-state index contributed by atoms with van der Waals surface area (Å²) < 4.78 is 62.3. The highest BCUT2D eigenvalue weighted by Crippen LogP contribution is 2.39. The topological polar surface area (TPSA) is 128 Å². The molecule has 0 amide bonds. The Balaban J connectivity index is 1.82. The number of fused-ring (bicyclic) bond motifs is 1. The molecule has 14 heteroatoms. The van der Waals surface area contributed by atoms with Gasteiger partial charge in [0.2, 0.25) is 10.0 Å². The first-order valence-electron chi connectivity index (χ1n) is 11.3. The minimum absolute atomic E-state index is 0.000911. The quantitative estimate of drug-likeness (QED) is 0.387. The Morgan fingerprint density at radius 3 is 2.53 bits per heavy atom. The third-order valence-electron chi connectivity index (χ3n) is 5.56. The second kappa shape index (κ2) is 9.30. The molecule has 0 aliphatic heterocycles. The number of hydrogen-bond donors (Lipinski definition) is 2. The number of ether oxygens (including phenoxy) is 1. The van der Waals surface area contributed by atoms with Crippen molar-refractivity contribution in [3.63, 3.8) is 0 Å². The summed E-state index contributed by atoms with van der Waals surface area (Å²) in [5.74, 6) is -0.435. The number of aryl methyl sites for hydroxylation is 1. The summed E-state index contributed by atoms with van der Waals surface area (Å²) >= 11 is 0.676. The zero-order valence-corrected chi connectivity index (χ0v) is 22.2. The van der Waals surface area contributed by atoms with E-state index in [2.05, 4.69) is 25.3 Å². The molecule has 2 aromatic heterocycles. The van der Waals surface area contributed by atoms with Crippen LogP contribution in [0.2, 0.25) is 0 Å². The minimum Gasteiger partial charge on any atom is -0.460 e. The molecule has 0 radical (unpaired) electrons. The molecule has 0 bridgehead atoms. The Labute approximate surface area is 211 Å². The van der Waals surface area contributed by atoms with Crippen LogP contribution in [0.15, 0.2) is 17.0 Å². The molecule has 1 aromatic carbocycles. The molecular weight excluding hydrogens is 514 g/mol. The summed E-state index contributed by atoms with van der Waals surface area (Å²) in [5.41, 5.74) is -0.00185. The third kappa shape index (κ3) is 5.65. The maximum atomic E-state index is 13.2. The molecule has 2 heterocycles. The molecule has 0 unspecified atom stereocenters. The van der Waals surface area contributed by atoms with Crippen LogP contribution in [0.1, 0.15) is 58.4 Å².